The van der Waals surface area contributed by atoms with Gasteiger partial charge in [-0.1, -0.05) is 13.8 Å². The Kier molecular flexibility index (Phi) is 6.41. The van der Waals surface area contributed by atoms with Gasteiger partial charge in [0.1, 0.15) is 6.04 Å². The van der Waals surface area contributed by atoms with Crippen LogP contribution in [-0.2, 0) is 9.59 Å². The average Bonchev–Trinajstić information content (AvgIpc) is 2.37. The molecule has 3 amide bonds. The summed E-state index contributed by atoms with van der Waals surface area (Å²) in [4.78, 5) is 37.6. The summed E-state index contributed by atoms with van der Waals surface area (Å²) in [5.41, 5.74) is 4.98. The summed E-state index contributed by atoms with van der Waals surface area (Å²) in [6, 6.07) is -1.74. The van der Waals surface area contributed by atoms with Crippen LogP contribution in [-0.4, -0.2) is 71.6 Å². The van der Waals surface area contributed by atoms with Crippen molar-refractivity contribution >= 4 is 17.9 Å². The number of nitrogens with zero attached hydrogens (tertiary/aromatic N) is 2. The molecule has 0 aromatic carbocycles. The summed E-state index contributed by atoms with van der Waals surface area (Å²) in [7, 11) is 0. The second kappa shape index (κ2) is 7.82. The van der Waals surface area contributed by atoms with Crippen LogP contribution >= 0.6 is 0 Å². The summed E-state index contributed by atoms with van der Waals surface area (Å²) in [6.45, 7) is 7.87. The second-order valence-electron chi connectivity index (χ2n) is 5.69. The number of carboxylic acids is 1. The summed E-state index contributed by atoms with van der Waals surface area (Å²) < 4.78 is 0. The van der Waals surface area contributed by atoms with Crippen molar-refractivity contribution in [3.8, 4) is 0 Å². The molecule has 0 aromatic rings. The van der Waals surface area contributed by atoms with Gasteiger partial charge in [0, 0.05) is 32.7 Å². The van der Waals surface area contributed by atoms with E-state index in [1.165, 1.54) is 0 Å². The maximum Gasteiger partial charge on any atom is 0.326 e. The minimum absolute atomic E-state index is 0.408. The van der Waals surface area contributed by atoms with E-state index >= 15 is 0 Å². The van der Waals surface area contributed by atoms with Crippen LogP contribution in [0.3, 0.4) is 0 Å². The van der Waals surface area contributed by atoms with E-state index in [0.717, 1.165) is 19.6 Å². The molecule has 1 atom stereocenters. The van der Waals surface area contributed by atoms with E-state index in [4.69, 9.17) is 10.8 Å². The van der Waals surface area contributed by atoms with Gasteiger partial charge in [-0.2, -0.15) is 0 Å². The summed E-state index contributed by atoms with van der Waals surface area (Å²) in [5.74, 6) is -1.46. The highest BCUT2D eigenvalue weighted by Gasteiger charge is 2.27. The molecule has 0 aromatic heterocycles. The number of nitrogens with one attached hydrogen (secondary N) is 1. The number of rotatable bonds is 6. The molecule has 1 unspecified atom stereocenters. The zero-order chi connectivity index (χ0) is 16.0. The number of piperazine rings is 1. The number of hydrogen-bond acceptors (Lipinski definition) is 4. The van der Waals surface area contributed by atoms with Gasteiger partial charge in [0.25, 0.3) is 0 Å². The lowest BCUT2D eigenvalue weighted by molar-refractivity contribution is -0.141. The molecule has 1 aliphatic rings. The van der Waals surface area contributed by atoms with Crippen LogP contribution in [0.15, 0.2) is 0 Å². The number of nitrogens with two attached hydrogens (primary N) is 1. The zero-order valence-corrected chi connectivity index (χ0v) is 12.5. The van der Waals surface area contributed by atoms with Crippen molar-refractivity contribution in [2.75, 3.05) is 32.7 Å². The molecule has 1 fully saturated rings. The molecule has 8 nitrogen and oxygen atoms in total. The summed E-state index contributed by atoms with van der Waals surface area (Å²) >= 11 is 0. The lowest BCUT2D eigenvalue weighted by atomic mass is 10.2. The highest BCUT2D eigenvalue weighted by molar-refractivity contribution is 5.87. The molecule has 1 heterocycles. The first-order valence-electron chi connectivity index (χ1n) is 7.08. The Hall–Kier alpha value is -1.83. The molecule has 120 valence electrons. The Labute approximate surface area is 124 Å². The van der Waals surface area contributed by atoms with E-state index in [2.05, 4.69) is 24.1 Å². The Morgan fingerprint density at radius 2 is 1.76 bits per heavy atom. The Morgan fingerprint density at radius 1 is 1.19 bits per heavy atom. The van der Waals surface area contributed by atoms with Crippen molar-refractivity contribution in [2.24, 2.45) is 11.7 Å². The Bertz CT molecular complexity index is 392. The van der Waals surface area contributed by atoms with E-state index in [-0.39, 0.29) is 0 Å². The molecule has 1 saturated heterocycles. The van der Waals surface area contributed by atoms with Gasteiger partial charge in [0.05, 0.1) is 6.42 Å². The number of hydrogen-bond donors (Lipinski definition) is 3. The third kappa shape index (κ3) is 5.99. The largest absolute Gasteiger partial charge is 0.480 e. The van der Waals surface area contributed by atoms with Crippen LogP contribution in [0.4, 0.5) is 4.79 Å². The van der Waals surface area contributed by atoms with E-state index in [0.29, 0.717) is 19.0 Å². The fraction of sp³-hybridized carbons (Fsp3) is 0.769. The van der Waals surface area contributed by atoms with Crippen molar-refractivity contribution in [2.45, 2.75) is 26.3 Å². The Morgan fingerprint density at radius 3 is 2.19 bits per heavy atom. The number of carbonyl (C=O) groups excluding carboxylic acids is 2. The van der Waals surface area contributed by atoms with Crippen molar-refractivity contribution < 1.29 is 19.5 Å². The van der Waals surface area contributed by atoms with Gasteiger partial charge in [0.2, 0.25) is 5.91 Å². The minimum Gasteiger partial charge on any atom is -0.480 e. The van der Waals surface area contributed by atoms with E-state index in [9.17, 15) is 14.4 Å². The molecular weight excluding hydrogens is 276 g/mol. The smallest absolute Gasteiger partial charge is 0.326 e. The number of aliphatic carboxylic acids is 1. The van der Waals surface area contributed by atoms with E-state index < -0.39 is 30.4 Å². The number of carboxylic acid groups (broad SMARTS) is 1. The van der Waals surface area contributed by atoms with Crippen molar-refractivity contribution in [1.29, 1.82) is 0 Å². The predicted octanol–water partition coefficient (Wildman–Crippen LogP) is -0.702. The van der Waals surface area contributed by atoms with Crippen LogP contribution in [0.25, 0.3) is 0 Å². The Balaban J connectivity index is 2.45. The number of urea groups is 1. The third-order valence-electron chi connectivity index (χ3n) is 3.28. The van der Waals surface area contributed by atoms with Crippen LogP contribution in [0.5, 0.6) is 0 Å². The van der Waals surface area contributed by atoms with Crippen molar-refractivity contribution in [3.63, 3.8) is 0 Å². The highest BCUT2D eigenvalue weighted by Crippen LogP contribution is 2.06. The molecule has 0 spiro atoms. The van der Waals surface area contributed by atoms with Crippen LogP contribution in [0.1, 0.15) is 20.3 Å². The van der Waals surface area contributed by atoms with Crippen molar-refractivity contribution in [3.05, 3.63) is 0 Å². The molecular formula is C13H24N4O4. The topological polar surface area (TPSA) is 116 Å². The van der Waals surface area contributed by atoms with Gasteiger partial charge in [0.15, 0.2) is 0 Å². The fourth-order valence-corrected chi connectivity index (χ4v) is 2.29. The second-order valence-corrected chi connectivity index (χ2v) is 5.69. The van der Waals surface area contributed by atoms with E-state index in [1.54, 1.807) is 4.90 Å². The molecule has 0 bridgehead atoms. The number of carbonyl (C=O) groups is 3. The fourth-order valence-electron chi connectivity index (χ4n) is 2.29. The van der Waals surface area contributed by atoms with Crippen LogP contribution in [0.2, 0.25) is 0 Å². The first kappa shape index (κ1) is 17.2. The maximum absolute atomic E-state index is 12.0. The number of amides is 3. The van der Waals surface area contributed by atoms with Gasteiger partial charge in [-0.3, -0.25) is 9.69 Å². The first-order chi connectivity index (χ1) is 9.79. The SMILES string of the molecule is CC(C)CN1CCN(C(=O)NC(CC(N)=O)C(=O)O)CC1. The minimum atomic E-state index is -1.27. The predicted molar refractivity (Wildman–Crippen MR) is 76.6 cm³/mol. The van der Waals surface area contributed by atoms with Gasteiger partial charge in [-0.15, -0.1) is 0 Å². The van der Waals surface area contributed by atoms with Gasteiger partial charge < -0.3 is 21.1 Å². The van der Waals surface area contributed by atoms with Gasteiger partial charge >= 0.3 is 12.0 Å². The van der Waals surface area contributed by atoms with Crippen LogP contribution < -0.4 is 11.1 Å². The zero-order valence-electron chi connectivity index (χ0n) is 12.5. The lowest BCUT2D eigenvalue weighted by Crippen LogP contribution is -2.55. The highest BCUT2D eigenvalue weighted by atomic mass is 16.4. The first-order valence-corrected chi connectivity index (χ1v) is 7.08. The number of primary amides is 1. The van der Waals surface area contributed by atoms with Crippen LogP contribution in [0, 0.1) is 5.92 Å². The van der Waals surface area contributed by atoms with Gasteiger partial charge in [-0.05, 0) is 5.92 Å². The van der Waals surface area contributed by atoms with Crippen molar-refractivity contribution in [1.82, 2.24) is 15.1 Å². The molecule has 1 aliphatic heterocycles. The van der Waals surface area contributed by atoms with E-state index in [1.807, 2.05) is 0 Å². The standard InChI is InChI=1S/C13H24N4O4/c1-9(2)8-16-3-5-17(6-4-16)13(21)15-10(12(19)20)7-11(14)18/h9-10H,3-8H2,1-2H3,(H2,14,18)(H,15,21)(H,19,20). The average molecular weight is 300 g/mol. The molecule has 0 saturated carbocycles. The third-order valence-corrected chi connectivity index (χ3v) is 3.28. The lowest BCUT2D eigenvalue weighted by Gasteiger charge is -2.35. The maximum atomic E-state index is 12.0. The molecule has 1 rings (SSSR count). The molecule has 8 heteroatoms. The summed E-state index contributed by atoms with van der Waals surface area (Å²) in [6.07, 6.45) is -0.408. The van der Waals surface area contributed by atoms with Gasteiger partial charge in [-0.25, -0.2) is 9.59 Å². The normalized spacial score (nSPS) is 17.6. The molecule has 0 aliphatic carbocycles. The quantitative estimate of drug-likeness (QED) is 0.600. The molecule has 4 N–H and O–H groups in total. The molecule has 0 radical (unpaired) electrons. The monoisotopic (exact) mass is 300 g/mol. The molecule has 21 heavy (non-hydrogen) atoms. The summed E-state index contributed by atoms with van der Waals surface area (Å²) in [5, 5.41) is 11.3.